The first-order valence-corrected chi connectivity index (χ1v) is 9.93. The Balaban J connectivity index is 1.88. The average Bonchev–Trinajstić information content (AvgIpc) is 3.00. The van der Waals surface area contributed by atoms with E-state index in [1.807, 2.05) is 13.1 Å². The molecule has 0 bridgehead atoms. The molecular formula is C20H39N3. The van der Waals surface area contributed by atoms with Crippen molar-refractivity contribution >= 4 is 6.21 Å². The van der Waals surface area contributed by atoms with E-state index in [9.17, 15) is 0 Å². The van der Waals surface area contributed by atoms with E-state index < -0.39 is 0 Å². The molecule has 1 heterocycles. The van der Waals surface area contributed by atoms with Gasteiger partial charge in [-0.25, -0.2) is 0 Å². The molecule has 0 aliphatic carbocycles. The molecule has 0 aromatic carbocycles. The first kappa shape index (κ1) is 20.4. The highest BCUT2D eigenvalue weighted by molar-refractivity contribution is 5.62. The second-order valence-corrected chi connectivity index (χ2v) is 6.92. The van der Waals surface area contributed by atoms with Gasteiger partial charge in [0.25, 0.3) is 0 Å². The molecule has 3 nitrogen and oxygen atoms in total. The molecule has 0 aromatic rings. The predicted octanol–water partition coefficient (Wildman–Crippen LogP) is 5.26. The van der Waals surface area contributed by atoms with E-state index in [4.69, 9.17) is 5.73 Å². The number of nitrogens with two attached hydrogens (primary N) is 1. The van der Waals surface area contributed by atoms with Crippen molar-refractivity contribution in [2.45, 2.75) is 103 Å². The Kier molecular flexibility index (Phi) is 12.2. The van der Waals surface area contributed by atoms with Crippen LogP contribution in [0, 0.1) is 0 Å². The first-order chi connectivity index (χ1) is 11.3. The molecule has 0 saturated heterocycles. The lowest BCUT2D eigenvalue weighted by Crippen LogP contribution is -2.43. The van der Waals surface area contributed by atoms with Gasteiger partial charge in [-0.15, -0.1) is 0 Å². The summed E-state index contributed by atoms with van der Waals surface area (Å²) in [4.78, 5) is 6.80. The molecule has 0 saturated carbocycles. The number of aliphatic imine (C=N–C) groups is 1. The molecule has 3 heteroatoms. The Hall–Kier alpha value is -0.670. The normalized spacial score (nSPS) is 19.9. The highest BCUT2D eigenvalue weighted by Crippen LogP contribution is 2.15. The fourth-order valence-electron chi connectivity index (χ4n) is 3.20. The topological polar surface area (TPSA) is 41.6 Å². The summed E-state index contributed by atoms with van der Waals surface area (Å²) in [7, 11) is 0. The van der Waals surface area contributed by atoms with Crippen LogP contribution in [-0.4, -0.2) is 30.0 Å². The summed E-state index contributed by atoms with van der Waals surface area (Å²) >= 11 is 0. The third-order valence-electron chi connectivity index (χ3n) is 4.70. The third kappa shape index (κ3) is 9.93. The van der Waals surface area contributed by atoms with Crippen LogP contribution < -0.4 is 5.73 Å². The summed E-state index contributed by atoms with van der Waals surface area (Å²) < 4.78 is 0. The van der Waals surface area contributed by atoms with Gasteiger partial charge < -0.3 is 5.73 Å². The van der Waals surface area contributed by atoms with Crippen molar-refractivity contribution in [1.82, 2.24) is 4.90 Å². The number of rotatable bonds is 14. The van der Waals surface area contributed by atoms with Crippen molar-refractivity contribution in [3.63, 3.8) is 0 Å². The first-order valence-electron chi connectivity index (χ1n) is 9.93. The minimum atomic E-state index is 0.111. The van der Waals surface area contributed by atoms with E-state index in [2.05, 4.69) is 29.0 Å². The third-order valence-corrected chi connectivity index (χ3v) is 4.70. The van der Waals surface area contributed by atoms with Crippen LogP contribution in [0.2, 0.25) is 0 Å². The lowest BCUT2D eigenvalue weighted by atomic mass is 10.1. The lowest BCUT2D eigenvalue weighted by molar-refractivity contribution is 0.183. The Morgan fingerprint density at radius 2 is 1.65 bits per heavy atom. The van der Waals surface area contributed by atoms with E-state index >= 15 is 0 Å². The van der Waals surface area contributed by atoms with Gasteiger partial charge in [-0.05, 0) is 39.0 Å². The number of allylic oxidation sites excluding steroid dienone is 2. The number of hydrogen-bond donors (Lipinski definition) is 1. The largest absolute Gasteiger partial charge is 0.316 e. The maximum Gasteiger partial charge on any atom is 0.103 e. The molecule has 0 radical (unpaired) electrons. The van der Waals surface area contributed by atoms with Gasteiger partial charge in [0.15, 0.2) is 0 Å². The van der Waals surface area contributed by atoms with Gasteiger partial charge in [0.1, 0.15) is 6.17 Å². The van der Waals surface area contributed by atoms with E-state index in [-0.39, 0.29) is 6.17 Å². The monoisotopic (exact) mass is 321 g/mol. The highest BCUT2D eigenvalue weighted by atomic mass is 15.3. The van der Waals surface area contributed by atoms with Gasteiger partial charge in [-0.1, -0.05) is 64.0 Å². The number of nitrogens with zero attached hydrogens (tertiary/aromatic N) is 2. The predicted molar refractivity (Wildman–Crippen MR) is 103 cm³/mol. The molecule has 2 N–H and O–H groups in total. The van der Waals surface area contributed by atoms with Crippen molar-refractivity contribution in [3.8, 4) is 0 Å². The molecule has 1 aliphatic rings. The van der Waals surface area contributed by atoms with Crippen molar-refractivity contribution in [3.05, 3.63) is 12.2 Å². The molecule has 0 spiro atoms. The second kappa shape index (κ2) is 13.7. The van der Waals surface area contributed by atoms with Crippen molar-refractivity contribution < 1.29 is 0 Å². The molecule has 1 rings (SSSR count). The average molecular weight is 322 g/mol. The van der Waals surface area contributed by atoms with Crippen LogP contribution in [0.4, 0.5) is 0 Å². The molecule has 23 heavy (non-hydrogen) atoms. The summed E-state index contributed by atoms with van der Waals surface area (Å²) in [6.45, 7) is 5.24. The maximum absolute atomic E-state index is 5.96. The fourth-order valence-corrected chi connectivity index (χ4v) is 3.20. The smallest absolute Gasteiger partial charge is 0.103 e. The van der Waals surface area contributed by atoms with Gasteiger partial charge in [0.05, 0.1) is 6.17 Å². The van der Waals surface area contributed by atoms with E-state index in [1.54, 1.807) is 0 Å². The zero-order valence-electron chi connectivity index (χ0n) is 15.6. The highest BCUT2D eigenvalue weighted by Gasteiger charge is 2.22. The summed E-state index contributed by atoms with van der Waals surface area (Å²) in [5.74, 6) is 0. The van der Waals surface area contributed by atoms with Crippen LogP contribution in [0.25, 0.3) is 0 Å². The molecule has 1 aliphatic heterocycles. The summed E-state index contributed by atoms with van der Waals surface area (Å²) in [6, 6.07) is 0. The van der Waals surface area contributed by atoms with Gasteiger partial charge in [-0.2, -0.15) is 0 Å². The van der Waals surface area contributed by atoms with Crippen molar-refractivity contribution in [1.29, 1.82) is 0 Å². The maximum atomic E-state index is 5.96. The van der Waals surface area contributed by atoms with Crippen LogP contribution in [0.15, 0.2) is 17.1 Å². The Bertz CT molecular complexity index is 323. The van der Waals surface area contributed by atoms with E-state index in [1.165, 1.54) is 70.6 Å². The van der Waals surface area contributed by atoms with Crippen LogP contribution in [-0.2, 0) is 0 Å². The van der Waals surface area contributed by atoms with Gasteiger partial charge >= 0.3 is 0 Å². The van der Waals surface area contributed by atoms with E-state index in [0.717, 1.165) is 13.0 Å². The Morgan fingerprint density at radius 3 is 2.30 bits per heavy atom. The minimum absolute atomic E-state index is 0.111. The zero-order chi connectivity index (χ0) is 16.8. The molecule has 0 fully saturated rings. The quantitative estimate of drug-likeness (QED) is 0.350. The van der Waals surface area contributed by atoms with Crippen LogP contribution in [0.3, 0.4) is 0 Å². The molecular weight excluding hydrogens is 282 g/mol. The lowest BCUT2D eigenvalue weighted by Gasteiger charge is -2.26. The summed E-state index contributed by atoms with van der Waals surface area (Å²) in [5.41, 5.74) is 5.96. The Labute approximate surface area is 144 Å². The van der Waals surface area contributed by atoms with Crippen LogP contribution in [0.1, 0.15) is 90.9 Å². The zero-order valence-corrected chi connectivity index (χ0v) is 15.6. The van der Waals surface area contributed by atoms with Crippen LogP contribution >= 0.6 is 0 Å². The van der Waals surface area contributed by atoms with Crippen molar-refractivity contribution in [2.24, 2.45) is 10.7 Å². The minimum Gasteiger partial charge on any atom is -0.316 e. The summed E-state index contributed by atoms with van der Waals surface area (Å²) in [5, 5.41) is 0. The summed E-state index contributed by atoms with van der Waals surface area (Å²) in [6.07, 6.45) is 23.2. The molecule has 0 aromatic heterocycles. The molecule has 2 atom stereocenters. The number of hydrogen-bond acceptors (Lipinski definition) is 3. The second-order valence-electron chi connectivity index (χ2n) is 6.92. The molecule has 2 unspecified atom stereocenters. The number of unbranched alkanes of at least 4 members (excludes halogenated alkanes) is 9. The standard InChI is InChI=1S/C20H39N3/c1-3-4-5-6-7-8-9-10-11-12-13-14-15-16-20-22-17-18-23(20)19(2)21/h12-13,17,19-20H,3-11,14-16,18,21H2,1-2H3/b13-12+. The van der Waals surface area contributed by atoms with Gasteiger partial charge in [-0.3, -0.25) is 9.89 Å². The van der Waals surface area contributed by atoms with E-state index in [0.29, 0.717) is 6.17 Å². The molecule has 0 amide bonds. The van der Waals surface area contributed by atoms with Gasteiger partial charge in [0, 0.05) is 12.8 Å². The SMILES string of the molecule is CCCCCCCCCC/C=C/CCCC1N=CCN1C(C)N. The van der Waals surface area contributed by atoms with Crippen LogP contribution in [0.5, 0.6) is 0 Å². The molecule has 134 valence electrons. The van der Waals surface area contributed by atoms with Crippen molar-refractivity contribution in [2.75, 3.05) is 6.54 Å². The Morgan fingerprint density at radius 1 is 1.04 bits per heavy atom. The van der Waals surface area contributed by atoms with Gasteiger partial charge in [0.2, 0.25) is 0 Å². The fraction of sp³-hybridized carbons (Fsp3) is 0.850.